The minimum Gasteiger partial charge on any atom is -0.492 e. The molecule has 0 aliphatic rings. The summed E-state index contributed by atoms with van der Waals surface area (Å²) in [5, 5.41) is 0. The molecule has 0 atom stereocenters. The van der Waals surface area contributed by atoms with Gasteiger partial charge in [0.15, 0.2) is 11.6 Å². The molecule has 0 aromatic heterocycles. The summed E-state index contributed by atoms with van der Waals surface area (Å²) in [6.45, 7) is 2.62. The van der Waals surface area contributed by atoms with Crippen LogP contribution in [0.1, 0.15) is 26.2 Å². The molecular formula is C11H13BrF2O. The first-order valence-electron chi connectivity index (χ1n) is 4.92. The number of ether oxygens (including phenoxy) is 1. The predicted molar refractivity (Wildman–Crippen MR) is 59.1 cm³/mol. The van der Waals surface area contributed by atoms with E-state index in [1.807, 2.05) is 0 Å². The van der Waals surface area contributed by atoms with Gasteiger partial charge in [0.25, 0.3) is 0 Å². The Morgan fingerprint density at radius 3 is 2.53 bits per heavy atom. The summed E-state index contributed by atoms with van der Waals surface area (Å²) in [5.41, 5.74) is 0. The third kappa shape index (κ3) is 3.78. The summed E-state index contributed by atoms with van der Waals surface area (Å²) in [4.78, 5) is 0. The van der Waals surface area contributed by atoms with E-state index in [1.54, 1.807) is 0 Å². The quantitative estimate of drug-likeness (QED) is 0.577. The average molecular weight is 279 g/mol. The second-order valence-electron chi connectivity index (χ2n) is 3.25. The van der Waals surface area contributed by atoms with E-state index in [-0.39, 0.29) is 0 Å². The maximum atomic E-state index is 12.9. The van der Waals surface area contributed by atoms with E-state index in [1.165, 1.54) is 0 Å². The molecule has 0 N–H and O–H groups in total. The number of benzene rings is 1. The molecule has 84 valence electrons. The first-order chi connectivity index (χ1) is 7.15. The highest BCUT2D eigenvalue weighted by Gasteiger charge is 2.08. The molecule has 1 aromatic rings. The van der Waals surface area contributed by atoms with Crippen molar-refractivity contribution in [3.8, 4) is 5.75 Å². The molecule has 4 heteroatoms. The van der Waals surface area contributed by atoms with Gasteiger partial charge in [0.05, 0.1) is 11.1 Å². The van der Waals surface area contributed by atoms with Gasteiger partial charge in [0, 0.05) is 6.07 Å². The molecule has 1 aromatic carbocycles. The zero-order valence-corrected chi connectivity index (χ0v) is 10.1. The Morgan fingerprint density at radius 2 is 1.87 bits per heavy atom. The molecule has 0 aliphatic heterocycles. The molecule has 0 bridgehead atoms. The van der Waals surface area contributed by atoms with E-state index in [4.69, 9.17) is 4.74 Å². The lowest BCUT2D eigenvalue weighted by atomic mass is 10.3. The third-order valence-corrected chi connectivity index (χ3v) is 2.60. The SMILES string of the molecule is CCCCCOc1cc(F)c(F)cc1Br. The summed E-state index contributed by atoms with van der Waals surface area (Å²) in [6, 6.07) is 2.13. The second-order valence-corrected chi connectivity index (χ2v) is 4.11. The molecule has 1 nitrogen and oxygen atoms in total. The second kappa shape index (κ2) is 6.05. The highest BCUT2D eigenvalue weighted by molar-refractivity contribution is 9.10. The maximum Gasteiger partial charge on any atom is 0.162 e. The Morgan fingerprint density at radius 1 is 1.20 bits per heavy atom. The van der Waals surface area contributed by atoms with Crippen LogP contribution in [0.15, 0.2) is 16.6 Å². The van der Waals surface area contributed by atoms with Crippen molar-refractivity contribution in [2.45, 2.75) is 26.2 Å². The smallest absolute Gasteiger partial charge is 0.162 e. The Kier molecular flexibility index (Phi) is 5.02. The van der Waals surface area contributed by atoms with E-state index in [9.17, 15) is 8.78 Å². The minimum absolute atomic E-state index is 0.352. The van der Waals surface area contributed by atoms with Crippen LogP contribution in [0.3, 0.4) is 0 Å². The monoisotopic (exact) mass is 278 g/mol. The van der Waals surface area contributed by atoms with Crippen LogP contribution in [0.2, 0.25) is 0 Å². The molecule has 0 spiro atoms. The van der Waals surface area contributed by atoms with E-state index in [0.29, 0.717) is 16.8 Å². The number of hydrogen-bond donors (Lipinski definition) is 0. The molecule has 0 fully saturated rings. The van der Waals surface area contributed by atoms with Gasteiger partial charge in [-0.25, -0.2) is 8.78 Å². The molecule has 0 radical (unpaired) electrons. The number of rotatable bonds is 5. The fraction of sp³-hybridized carbons (Fsp3) is 0.455. The molecule has 0 heterocycles. The highest BCUT2D eigenvalue weighted by atomic mass is 79.9. The predicted octanol–water partition coefficient (Wildman–Crippen LogP) is 4.30. The van der Waals surface area contributed by atoms with Gasteiger partial charge in [-0.05, 0) is 28.4 Å². The Hall–Kier alpha value is -0.640. The lowest BCUT2D eigenvalue weighted by Gasteiger charge is -2.08. The normalized spacial score (nSPS) is 10.4. The van der Waals surface area contributed by atoms with Crippen molar-refractivity contribution in [3.63, 3.8) is 0 Å². The van der Waals surface area contributed by atoms with Crippen LogP contribution < -0.4 is 4.74 Å². The van der Waals surface area contributed by atoms with Crippen molar-refractivity contribution in [1.82, 2.24) is 0 Å². The van der Waals surface area contributed by atoms with Crippen LogP contribution in [0, 0.1) is 11.6 Å². The zero-order valence-electron chi connectivity index (χ0n) is 8.53. The molecule has 0 unspecified atom stereocenters. The molecule has 0 aliphatic carbocycles. The van der Waals surface area contributed by atoms with E-state index >= 15 is 0 Å². The Balaban J connectivity index is 2.57. The van der Waals surface area contributed by atoms with Gasteiger partial charge < -0.3 is 4.74 Å². The van der Waals surface area contributed by atoms with Crippen LogP contribution in [-0.2, 0) is 0 Å². The molecule has 15 heavy (non-hydrogen) atoms. The largest absolute Gasteiger partial charge is 0.492 e. The zero-order chi connectivity index (χ0) is 11.3. The molecular weight excluding hydrogens is 266 g/mol. The summed E-state index contributed by atoms with van der Waals surface area (Å²) < 4.78 is 31.4. The first kappa shape index (κ1) is 12.4. The summed E-state index contributed by atoms with van der Waals surface area (Å²) in [5.74, 6) is -1.41. The van der Waals surface area contributed by atoms with Crippen LogP contribution in [0.4, 0.5) is 8.78 Å². The molecule has 0 saturated carbocycles. The van der Waals surface area contributed by atoms with Crippen molar-refractivity contribution < 1.29 is 13.5 Å². The van der Waals surface area contributed by atoms with Gasteiger partial charge in [-0.3, -0.25) is 0 Å². The van der Waals surface area contributed by atoms with Crippen LogP contribution in [0.25, 0.3) is 0 Å². The van der Waals surface area contributed by atoms with Crippen molar-refractivity contribution >= 4 is 15.9 Å². The van der Waals surface area contributed by atoms with Crippen LogP contribution in [0.5, 0.6) is 5.75 Å². The Bertz CT molecular complexity index is 329. The van der Waals surface area contributed by atoms with E-state index in [0.717, 1.165) is 31.4 Å². The fourth-order valence-electron chi connectivity index (χ4n) is 1.15. The van der Waals surface area contributed by atoms with Gasteiger partial charge in [-0.15, -0.1) is 0 Å². The standard InChI is InChI=1S/C11H13BrF2O/c1-2-3-4-5-15-11-7-10(14)9(13)6-8(11)12/h6-7H,2-5H2,1H3. The number of hydrogen-bond acceptors (Lipinski definition) is 1. The van der Waals surface area contributed by atoms with E-state index in [2.05, 4.69) is 22.9 Å². The topological polar surface area (TPSA) is 9.23 Å². The molecule has 0 amide bonds. The highest BCUT2D eigenvalue weighted by Crippen LogP contribution is 2.27. The van der Waals surface area contributed by atoms with Gasteiger partial charge in [0.2, 0.25) is 0 Å². The van der Waals surface area contributed by atoms with Crippen LogP contribution >= 0.6 is 15.9 Å². The summed E-state index contributed by atoms with van der Waals surface area (Å²) in [6.07, 6.45) is 3.09. The van der Waals surface area contributed by atoms with Crippen molar-refractivity contribution in [2.75, 3.05) is 6.61 Å². The summed E-state index contributed by atoms with van der Waals surface area (Å²) >= 11 is 3.12. The van der Waals surface area contributed by atoms with Crippen molar-refractivity contribution in [2.24, 2.45) is 0 Å². The lowest BCUT2D eigenvalue weighted by Crippen LogP contribution is -1.99. The van der Waals surface area contributed by atoms with Gasteiger partial charge in [-0.1, -0.05) is 19.8 Å². The maximum absolute atomic E-state index is 12.9. The minimum atomic E-state index is -0.885. The fourth-order valence-corrected chi connectivity index (χ4v) is 1.58. The first-order valence-corrected chi connectivity index (χ1v) is 5.71. The van der Waals surface area contributed by atoms with Gasteiger partial charge >= 0.3 is 0 Å². The average Bonchev–Trinajstić information content (AvgIpc) is 2.20. The van der Waals surface area contributed by atoms with Crippen LogP contribution in [-0.4, -0.2) is 6.61 Å². The third-order valence-electron chi connectivity index (χ3n) is 1.98. The van der Waals surface area contributed by atoms with Gasteiger partial charge in [-0.2, -0.15) is 0 Å². The van der Waals surface area contributed by atoms with Gasteiger partial charge in [0.1, 0.15) is 5.75 Å². The van der Waals surface area contributed by atoms with E-state index < -0.39 is 11.6 Å². The number of unbranched alkanes of at least 4 members (excludes halogenated alkanes) is 2. The molecule has 0 saturated heterocycles. The van der Waals surface area contributed by atoms with Crippen molar-refractivity contribution in [1.29, 1.82) is 0 Å². The molecule has 1 rings (SSSR count). The lowest BCUT2D eigenvalue weighted by molar-refractivity contribution is 0.301. The number of halogens is 3. The Labute approximate surface area is 96.6 Å². The summed E-state index contributed by atoms with van der Waals surface area (Å²) in [7, 11) is 0. The van der Waals surface area contributed by atoms with Crippen molar-refractivity contribution in [3.05, 3.63) is 28.2 Å².